The number of aliphatic imine (C=N–C) groups is 1. The van der Waals surface area contributed by atoms with E-state index in [1.54, 1.807) is 7.05 Å². The highest BCUT2D eigenvalue weighted by Gasteiger charge is 2.15. The number of aromatic nitrogens is 2. The van der Waals surface area contributed by atoms with Crippen molar-refractivity contribution in [1.29, 1.82) is 0 Å². The minimum absolute atomic E-state index is 0.218. The van der Waals surface area contributed by atoms with Crippen molar-refractivity contribution in [2.75, 3.05) is 13.1 Å². The van der Waals surface area contributed by atoms with E-state index in [1.165, 1.54) is 17.0 Å². The van der Waals surface area contributed by atoms with E-state index in [0.29, 0.717) is 11.7 Å². The molecule has 0 bridgehead atoms. The second-order valence-corrected chi connectivity index (χ2v) is 3.68. The third-order valence-corrected chi connectivity index (χ3v) is 2.43. The minimum Gasteiger partial charge on any atom is -0.390 e. The van der Waals surface area contributed by atoms with E-state index in [-0.39, 0.29) is 5.95 Å². The van der Waals surface area contributed by atoms with Crippen molar-refractivity contribution in [3.63, 3.8) is 0 Å². The Bertz CT molecular complexity index is 505. The molecule has 18 heavy (non-hydrogen) atoms. The van der Waals surface area contributed by atoms with Crippen LogP contribution in [0, 0.1) is 10.1 Å². The van der Waals surface area contributed by atoms with Crippen LogP contribution in [0.3, 0.4) is 0 Å². The Morgan fingerprint density at radius 2 is 2.56 bits per heavy atom. The first kappa shape index (κ1) is 12.0. The van der Waals surface area contributed by atoms with Gasteiger partial charge in [-0.2, -0.15) is 5.10 Å². The molecule has 1 aromatic rings. The van der Waals surface area contributed by atoms with Gasteiger partial charge in [0.25, 0.3) is 0 Å². The van der Waals surface area contributed by atoms with Crippen LogP contribution in [0.5, 0.6) is 0 Å². The highest BCUT2D eigenvalue weighted by Crippen LogP contribution is 2.08. The zero-order valence-corrected chi connectivity index (χ0v) is 9.83. The monoisotopic (exact) mass is 251 g/mol. The molecule has 0 radical (unpaired) electrons. The highest BCUT2D eigenvalue weighted by atomic mass is 16.6. The van der Waals surface area contributed by atoms with E-state index in [4.69, 9.17) is 0 Å². The van der Waals surface area contributed by atoms with Crippen molar-refractivity contribution in [2.45, 2.75) is 6.42 Å². The van der Waals surface area contributed by atoms with Crippen LogP contribution in [0.2, 0.25) is 0 Å². The topological polar surface area (TPSA) is 110 Å². The molecule has 2 heterocycles. The second kappa shape index (κ2) is 5.25. The normalized spacial score (nSPS) is 15.3. The number of hydrazone groups is 1. The standard InChI is InChI=1S/C9H13N7O2/c1-15-7(5-12-9(15)16(17)18)6-13-14-8-10-3-2-4-11-8/h5-6H,2-4H2,1H3,(H2,10,11,14). The zero-order chi connectivity index (χ0) is 13.0. The van der Waals surface area contributed by atoms with Crippen LogP contribution in [0.4, 0.5) is 5.95 Å². The smallest absolute Gasteiger partial charge is 0.390 e. The summed E-state index contributed by atoms with van der Waals surface area (Å²) in [5, 5.41) is 17.6. The van der Waals surface area contributed by atoms with Crippen LogP contribution in [0.25, 0.3) is 0 Å². The van der Waals surface area contributed by atoms with Gasteiger partial charge >= 0.3 is 5.95 Å². The summed E-state index contributed by atoms with van der Waals surface area (Å²) in [6.45, 7) is 1.63. The summed E-state index contributed by atoms with van der Waals surface area (Å²) in [6.07, 6.45) is 3.85. The highest BCUT2D eigenvalue weighted by molar-refractivity contribution is 5.83. The zero-order valence-electron chi connectivity index (χ0n) is 9.83. The molecule has 96 valence electrons. The molecule has 9 heteroatoms. The first-order chi connectivity index (χ1) is 8.68. The lowest BCUT2D eigenvalue weighted by atomic mass is 10.4. The van der Waals surface area contributed by atoms with E-state index >= 15 is 0 Å². The minimum atomic E-state index is -0.544. The molecular formula is C9H13N7O2. The third-order valence-electron chi connectivity index (χ3n) is 2.43. The fourth-order valence-electron chi connectivity index (χ4n) is 1.47. The molecule has 0 saturated carbocycles. The summed E-state index contributed by atoms with van der Waals surface area (Å²) in [7, 11) is 1.56. The largest absolute Gasteiger partial charge is 0.434 e. The summed E-state index contributed by atoms with van der Waals surface area (Å²) < 4.78 is 1.35. The number of nitro groups is 1. The lowest BCUT2D eigenvalue weighted by Crippen LogP contribution is -2.38. The number of nitrogens with zero attached hydrogens (tertiary/aromatic N) is 5. The van der Waals surface area contributed by atoms with Crippen LogP contribution in [0.15, 0.2) is 16.3 Å². The predicted octanol–water partition coefficient (Wildman–Crippen LogP) is -0.399. The maximum Gasteiger partial charge on any atom is 0.434 e. The van der Waals surface area contributed by atoms with Gasteiger partial charge in [0, 0.05) is 13.1 Å². The molecule has 0 amide bonds. The lowest BCUT2D eigenvalue weighted by molar-refractivity contribution is -0.396. The fourth-order valence-corrected chi connectivity index (χ4v) is 1.47. The number of guanidine groups is 1. The maximum absolute atomic E-state index is 10.6. The first-order valence-corrected chi connectivity index (χ1v) is 5.42. The van der Waals surface area contributed by atoms with Gasteiger partial charge in [-0.15, -0.1) is 0 Å². The van der Waals surface area contributed by atoms with Gasteiger partial charge in [-0.25, -0.2) is 9.99 Å². The van der Waals surface area contributed by atoms with Crippen molar-refractivity contribution in [2.24, 2.45) is 17.1 Å². The van der Waals surface area contributed by atoms with Gasteiger partial charge in [0.05, 0.1) is 13.3 Å². The molecule has 0 fully saturated rings. The Hall–Kier alpha value is -2.45. The lowest BCUT2D eigenvalue weighted by Gasteiger charge is -2.12. The molecule has 0 saturated heterocycles. The molecule has 1 aromatic heterocycles. The Morgan fingerprint density at radius 3 is 3.17 bits per heavy atom. The van der Waals surface area contributed by atoms with Crippen molar-refractivity contribution in [3.05, 3.63) is 22.0 Å². The van der Waals surface area contributed by atoms with Crippen LogP contribution in [-0.4, -0.2) is 39.7 Å². The quantitative estimate of drug-likeness (QED) is 0.431. The molecule has 1 aliphatic heterocycles. The molecule has 0 spiro atoms. The number of hydrogen-bond donors (Lipinski definition) is 2. The molecule has 2 N–H and O–H groups in total. The molecule has 0 atom stereocenters. The number of nitrogens with one attached hydrogen (secondary N) is 2. The van der Waals surface area contributed by atoms with Crippen LogP contribution in [0.1, 0.15) is 12.1 Å². The van der Waals surface area contributed by atoms with Gasteiger partial charge in [-0.3, -0.25) is 4.99 Å². The third kappa shape index (κ3) is 2.62. The molecule has 9 nitrogen and oxygen atoms in total. The van der Waals surface area contributed by atoms with Gasteiger partial charge < -0.3 is 15.4 Å². The van der Waals surface area contributed by atoms with Crippen molar-refractivity contribution in [1.82, 2.24) is 20.3 Å². The summed E-state index contributed by atoms with van der Waals surface area (Å²) in [5.74, 6) is 0.388. The van der Waals surface area contributed by atoms with E-state index in [1.807, 2.05) is 0 Å². The van der Waals surface area contributed by atoms with E-state index < -0.39 is 4.92 Å². The Balaban J connectivity index is 2.00. The van der Waals surface area contributed by atoms with Crippen molar-refractivity contribution < 1.29 is 4.92 Å². The van der Waals surface area contributed by atoms with Crippen LogP contribution >= 0.6 is 0 Å². The maximum atomic E-state index is 10.6. The van der Waals surface area contributed by atoms with Gasteiger partial charge in [-0.05, 0) is 11.3 Å². The number of imidazole rings is 1. The first-order valence-electron chi connectivity index (χ1n) is 5.42. The summed E-state index contributed by atoms with van der Waals surface area (Å²) in [6, 6.07) is 0. The van der Waals surface area contributed by atoms with Gasteiger partial charge in [0.15, 0.2) is 5.69 Å². The Morgan fingerprint density at radius 1 is 1.72 bits per heavy atom. The number of rotatable bonds is 3. The summed E-state index contributed by atoms with van der Waals surface area (Å²) in [4.78, 5) is 17.9. The molecule has 1 aliphatic rings. The second-order valence-electron chi connectivity index (χ2n) is 3.68. The molecule has 2 rings (SSSR count). The Kier molecular flexibility index (Phi) is 3.51. The molecule has 0 unspecified atom stereocenters. The van der Waals surface area contributed by atoms with E-state index in [0.717, 1.165) is 19.5 Å². The average molecular weight is 251 g/mol. The summed E-state index contributed by atoms with van der Waals surface area (Å²) in [5.41, 5.74) is 3.27. The SMILES string of the molecule is Cn1c(C=NNC2=NCCCN2)cnc1[N+](=O)[O-]. The molecular weight excluding hydrogens is 238 g/mol. The van der Waals surface area contributed by atoms with Gasteiger partial charge in [-0.1, -0.05) is 4.98 Å². The van der Waals surface area contributed by atoms with Crippen molar-refractivity contribution >= 4 is 18.1 Å². The van der Waals surface area contributed by atoms with Gasteiger partial charge in [0.1, 0.15) is 6.20 Å². The summed E-state index contributed by atoms with van der Waals surface area (Å²) >= 11 is 0. The predicted molar refractivity (Wildman–Crippen MR) is 65.5 cm³/mol. The molecule has 0 aromatic carbocycles. The van der Waals surface area contributed by atoms with Gasteiger partial charge in [0.2, 0.25) is 5.96 Å². The van der Waals surface area contributed by atoms with E-state index in [2.05, 4.69) is 25.8 Å². The Labute approximate surface area is 103 Å². The van der Waals surface area contributed by atoms with E-state index in [9.17, 15) is 10.1 Å². The molecule has 0 aliphatic carbocycles. The van der Waals surface area contributed by atoms with Crippen molar-refractivity contribution in [3.8, 4) is 0 Å². The number of hydrogen-bond acceptors (Lipinski definition) is 7. The van der Waals surface area contributed by atoms with Crippen LogP contribution < -0.4 is 10.7 Å². The fraction of sp³-hybridized carbons (Fsp3) is 0.444. The van der Waals surface area contributed by atoms with Crippen LogP contribution in [-0.2, 0) is 7.05 Å². The average Bonchev–Trinajstić information content (AvgIpc) is 2.73.